The zero-order valence-electron chi connectivity index (χ0n) is 13.5. The quantitative estimate of drug-likeness (QED) is 0.870. The molecule has 126 valence electrons. The van der Waals surface area contributed by atoms with Crippen LogP contribution in [-0.2, 0) is 11.2 Å². The standard InChI is InChI=1S/C19H20ClNO3/c1-23-17-7-6-14(15-11-19(22)21-12-15)10-18(17)24-9-8-13-4-2-3-5-16(13)20/h2-7,10,15H,8-9,11-12H2,1H3,(H,21,22). The Balaban J connectivity index is 1.69. The van der Waals surface area contributed by atoms with Crippen LogP contribution in [0.15, 0.2) is 42.5 Å². The maximum atomic E-state index is 11.4. The van der Waals surface area contributed by atoms with Crippen LogP contribution < -0.4 is 14.8 Å². The molecule has 0 radical (unpaired) electrons. The number of ether oxygens (including phenoxy) is 2. The molecule has 5 heteroatoms. The topological polar surface area (TPSA) is 47.6 Å². The van der Waals surface area contributed by atoms with E-state index in [1.54, 1.807) is 7.11 Å². The molecule has 24 heavy (non-hydrogen) atoms. The lowest BCUT2D eigenvalue weighted by Crippen LogP contribution is -2.13. The molecule has 3 rings (SSSR count). The number of benzene rings is 2. The molecule has 2 aromatic carbocycles. The second-order valence-corrected chi connectivity index (χ2v) is 6.21. The van der Waals surface area contributed by atoms with Crippen LogP contribution in [0.3, 0.4) is 0 Å². The number of hydrogen-bond acceptors (Lipinski definition) is 3. The maximum absolute atomic E-state index is 11.4. The van der Waals surface area contributed by atoms with Crippen molar-refractivity contribution in [3.63, 3.8) is 0 Å². The van der Waals surface area contributed by atoms with Gasteiger partial charge in [-0.1, -0.05) is 35.9 Å². The van der Waals surface area contributed by atoms with Gasteiger partial charge in [0.2, 0.25) is 5.91 Å². The van der Waals surface area contributed by atoms with E-state index in [0.717, 1.165) is 22.6 Å². The average Bonchev–Trinajstić information content (AvgIpc) is 3.03. The first-order chi connectivity index (χ1) is 11.7. The van der Waals surface area contributed by atoms with E-state index in [0.29, 0.717) is 31.1 Å². The minimum atomic E-state index is 0.0944. The van der Waals surface area contributed by atoms with Gasteiger partial charge in [0.25, 0.3) is 0 Å². The van der Waals surface area contributed by atoms with E-state index in [-0.39, 0.29) is 11.8 Å². The normalized spacial score (nSPS) is 16.8. The molecule has 1 fully saturated rings. The summed E-state index contributed by atoms with van der Waals surface area (Å²) in [5, 5.41) is 3.61. The van der Waals surface area contributed by atoms with Crippen molar-refractivity contribution in [1.82, 2.24) is 5.32 Å². The van der Waals surface area contributed by atoms with E-state index in [2.05, 4.69) is 5.32 Å². The molecule has 1 aliphatic heterocycles. The first-order valence-corrected chi connectivity index (χ1v) is 8.36. The van der Waals surface area contributed by atoms with Gasteiger partial charge in [-0.2, -0.15) is 0 Å². The molecule has 0 bridgehead atoms. The molecular formula is C19H20ClNO3. The molecule has 0 aromatic heterocycles. The van der Waals surface area contributed by atoms with E-state index in [4.69, 9.17) is 21.1 Å². The van der Waals surface area contributed by atoms with E-state index in [1.165, 1.54) is 0 Å². The van der Waals surface area contributed by atoms with E-state index >= 15 is 0 Å². The summed E-state index contributed by atoms with van der Waals surface area (Å²) >= 11 is 6.17. The number of amides is 1. The summed E-state index contributed by atoms with van der Waals surface area (Å²) in [5.41, 5.74) is 2.14. The van der Waals surface area contributed by atoms with Gasteiger partial charge in [-0.25, -0.2) is 0 Å². The van der Waals surface area contributed by atoms with Crippen LogP contribution in [0.4, 0.5) is 0 Å². The average molecular weight is 346 g/mol. The van der Waals surface area contributed by atoms with Gasteiger partial charge in [0.05, 0.1) is 13.7 Å². The summed E-state index contributed by atoms with van der Waals surface area (Å²) in [5.74, 6) is 1.67. The van der Waals surface area contributed by atoms with Crippen LogP contribution in [-0.4, -0.2) is 26.2 Å². The van der Waals surface area contributed by atoms with Crippen LogP contribution in [0.1, 0.15) is 23.5 Å². The molecule has 0 aliphatic carbocycles. The summed E-state index contributed by atoms with van der Waals surface area (Å²) in [6.07, 6.45) is 1.24. The Kier molecular flexibility index (Phi) is 5.26. The largest absolute Gasteiger partial charge is 0.493 e. The SMILES string of the molecule is COc1ccc(C2CNC(=O)C2)cc1OCCc1ccccc1Cl. The minimum Gasteiger partial charge on any atom is -0.493 e. The molecule has 1 heterocycles. The minimum absolute atomic E-state index is 0.0944. The Hall–Kier alpha value is -2.20. The summed E-state index contributed by atoms with van der Waals surface area (Å²) in [6, 6.07) is 13.6. The van der Waals surface area contributed by atoms with E-state index in [1.807, 2.05) is 42.5 Å². The van der Waals surface area contributed by atoms with Crippen molar-refractivity contribution in [2.24, 2.45) is 0 Å². The molecule has 1 atom stereocenters. The lowest BCUT2D eigenvalue weighted by atomic mass is 9.98. The smallest absolute Gasteiger partial charge is 0.220 e. The maximum Gasteiger partial charge on any atom is 0.220 e. The van der Waals surface area contributed by atoms with Crippen molar-refractivity contribution in [3.8, 4) is 11.5 Å². The van der Waals surface area contributed by atoms with Crippen molar-refractivity contribution >= 4 is 17.5 Å². The van der Waals surface area contributed by atoms with Gasteiger partial charge < -0.3 is 14.8 Å². The number of carbonyl (C=O) groups is 1. The highest BCUT2D eigenvalue weighted by atomic mass is 35.5. The Morgan fingerprint density at radius 3 is 2.75 bits per heavy atom. The molecule has 4 nitrogen and oxygen atoms in total. The van der Waals surface area contributed by atoms with Gasteiger partial charge in [-0.15, -0.1) is 0 Å². The third kappa shape index (κ3) is 3.82. The van der Waals surface area contributed by atoms with E-state index < -0.39 is 0 Å². The fourth-order valence-electron chi connectivity index (χ4n) is 2.87. The molecule has 2 aromatic rings. The Morgan fingerprint density at radius 2 is 2.04 bits per heavy atom. The predicted octanol–water partition coefficient (Wildman–Crippen LogP) is 3.57. The Labute approximate surface area is 146 Å². The highest BCUT2D eigenvalue weighted by molar-refractivity contribution is 6.31. The second-order valence-electron chi connectivity index (χ2n) is 5.81. The number of methoxy groups -OCH3 is 1. The van der Waals surface area contributed by atoms with Crippen molar-refractivity contribution < 1.29 is 14.3 Å². The van der Waals surface area contributed by atoms with Gasteiger partial charge in [-0.05, 0) is 29.3 Å². The van der Waals surface area contributed by atoms with E-state index in [9.17, 15) is 4.79 Å². The van der Waals surface area contributed by atoms with Gasteiger partial charge in [0.1, 0.15) is 0 Å². The van der Waals surface area contributed by atoms with Crippen LogP contribution in [0.2, 0.25) is 5.02 Å². The summed E-state index contributed by atoms with van der Waals surface area (Å²) in [7, 11) is 1.62. The number of carbonyl (C=O) groups excluding carboxylic acids is 1. The molecule has 1 saturated heterocycles. The lowest BCUT2D eigenvalue weighted by molar-refractivity contribution is -0.119. The van der Waals surface area contributed by atoms with Crippen LogP contribution >= 0.6 is 11.6 Å². The zero-order valence-corrected chi connectivity index (χ0v) is 14.3. The fourth-order valence-corrected chi connectivity index (χ4v) is 3.10. The number of hydrogen-bond donors (Lipinski definition) is 1. The van der Waals surface area contributed by atoms with Gasteiger partial charge >= 0.3 is 0 Å². The molecule has 0 saturated carbocycles. The highest BCUT2D eigenvalue weighted by Crippen LogP contribution is 2.33. The van der Waals surface area contributed by atoms with Crippen molar-refractivity contribution in [2.45, 2.75) is 18.8 Å². The van der Waals surface area contributed by atoms with Crippen LogP contribution in [0.5, 0.6) is 11.5 Å². The summed E-state index contributed by atoms with van der Waals surface area (Å²) < 4.78 is 11.3. The van der Waals surface area contributed by atoms with Gasteiger partial charge in [0, 0.05) is 30.3 Å². The highest BCUT2D eigenvalue weighted by Gasteiger charge is 2.24. The third-order valence-corrected chi connectivity index (χ3v) is 4.59. The molecule has 1 aliphatic rings. The van der Waals surface area contributed by atoms with Gasteiger partial charge in [-0.3, -0.25) is 4.79 Å². The van der Waals surface area contributed by atoms with Crippen LogP contribution in [0.25, 0.3) is 0 Å². The van der Waals surface area contributed by atoms with Crippen molar-refractivity contribution in [2.75, 3.05) is 20.3 Å². The van der Waals surface area contributed by atoms with Crippen molar-refractivity contribution in [1.29, 1.82) is 0 Å². The predicted molar refractivity (Wildman–Crippen MR) is 94.0 cm³/mol. The van der Waals surface area contributed by atoms with Crippen LogP contribution in [0, 0.1) is 0 Å². The number of halogens is 1. The summed E-state index contributed by atoms with van der Waals surface area (Å²) in [4.78, 5) is 11.4. The number of rotatable bonds is 6. The molecule has 1 amide bonds. The molecular weight excluding hydrogens is 326 g/mol. The number of nitrogens with one attached hydrogen (secondary N) is 1. The second kappa shape index (κ2) is 7.58. The Bertz CT molecular complexity index is 732. The zero-order chi connectivity index (χ0) is 16.9. The first-order valence-electron chi connectivity index (χ1n) is 7.98. The van der Waals surface area contributed by atoms with Crippen molar-refractivity contribution in [3.05, 3.63) is 58.6 Å². The summed E-state index contributed by atoms with van der Waals surface area (Å²) in [6.45, 7) is 1.18. The lowest BCUT2D eigenvalue weighted by Gasteiger charge is -2.15. The molecule has 1 N–H and O–H groups in total. The monoisotopic (exact) mass is 345 g/mol. The first kappa shape index (κ1) is 16.7. The molecule has 1 unspecified atom stereocenters. The third-order valence-electron chi connectivity index (χ3n) is 4.22. The Morgan fingerprint density at radius 1 is 1.21 bits per heavy atom. The fraction of sp³-hybridized carbons (Fsp3) is 0.316. The van der Waals surface area contributed by atoms with Gasteiger partial charge in [0.15, 0.2) is 11.5 Å². The molecule has 0 spiro atoms.